The summed E-state index contributed by atoms with van der Waals surface area (Å²) in [5.41, 5.74) is 0. The van der Waals surface area contributed by atoms with Gasteiger partial charge in [-0.3, -0.25) is 4.57 Å². The molecule has 9 heavy (non-hydrogen) atoms. The molecule has 0 aromatic rings. The molecule has 0 aliphatic carbocycles. The first-order valence-electron chi connectivity index (χ1n) is 1.89. The van der Waals surface area contributed by atoms with Gasteiger partial charge in [0, 0.05) is 0 Å². The minimum absolute atomic E-state index is 0.348. The molecule has 0 bridgehead atoms. The van der Waals surface area contributed by atoms with Crippen molar-refractivity contribution in [1.29, 1.82) is 0 Å². The van der Waals surface area contributed by atoms with Gasteiger partial charge in [-0.2, -0.15) is 0 Å². The van der Waals surface area contributed by atoms with E-state index in [1.165, 1.54) is 0 Å². The average molecular weight is 155 g/mol. The topological polar surface area (TPSA) is 110 Å². The third-order valence-corrected chi connectivity index (χ3v) is 1.37. The second-order valence-corrected chi connectivity index (χ2v) is 2.97. The van der Waals surface area contributed by atoms with E-state index in [2.05, 4.69) is 5.16 Å². The van der Waals surface area contributed by atoms with Crippen molar-refractivity contribution in [2.75, 3.05) is 0 Å². The number of aliphatic hydroxyl groups excluding tert-OH is 1. The molecule has 0 aliphatic rings. The highest BCUT2D eigenvalue weighted by molar-refractivity contribution is 7.53. The van der Waals surface area contributed by atoms with E-state index in [4.69, 9.17) is 20.1 Å². The number of aliphatic hydroxyl groups is 1. The van der Waals surface area contributed by atoms with E-state index >= 15 is 0 Å². The van der Waals surface area contributed by atoms with Crippen molar-refractivity contribution < 1.29 is 24.7 Å². The Bertz CT molecular complexity index is 149. The van der Waals surface area contributed by atoms with Crippen molar-refractivity contribution >= 4 is 13.8 Å². The molecule has 0 aromatic carbocycles. The van der Waals surface area contributed by atoms with Crippen LogP contribution in [0.15, 0.2) is 5.16 Å². The quantitative estimate of drug-likeness (QED) is 0.176. The largest absolute Gasteiger partial charge is 0.411 e. The summed E-state index contributed by atoms with van der Waals surface area (Å²) in [6, 6.07) is 0. The van der Waals surface area contributed by atoms with Crippen molar-refractivity contribution in [2.45, 2.75) is 5.85 Å². The Hall–Kier alpha value is -0.420. The summed E-state index contributed by atoms with van der Waals surface area (Å²) >= 11 is 0. The number of hydrogen-bond acceptors (Lipinski definition) is 4. The molecule has 0 heterocycles. The summed E-state index contributed by atoms with van der Waals surface area (Å²) in [5.74, 6) is -2.01. The molecule has 54 valence electrons. The molecule has 0 amide bonds. The van der Waals surface area contributed by atoms with Crippen LogP contribution in [0.3, 0.4) is 0 Å². The molecule has 1 unspecified atom stereocenters. The summed E-state index contributed by atoms with van der Waals surface area (Å²) in [4.78, 5) is 16.2. The molecule has 4 N–H and O–H groups in total. The van der Waals surface area contributed by atoms with E-state index in [0.717, 1.165) is 0 Å². The smallest absolute Gasteiger partial charge is 0.359 e. The van der Waals surface area contributed by atoms with Gasteiger partial charge in [-0.15, -0.1) is 0 Å². The molecule has 0 spiro atoms. The van der Waals surface area contributed by atoms with Crippen LogP contribution in [-0.2, 0) is 4.57 Å². The minimum atomic E-state index is -4.53. The summed E-state index contributed by atoms with van der Waals surface area (Å²) in [6.45, 7) is 0. The van der Waals surface area contributed by atoms with Gasteiger partial charge in [0.05, 0.1) is 6.21 Å². The van der Waals surface area contributed by atoms with Crippen LogP contribution < -0.4 is 0 Å². The van der Waals surface area contributed by atoms with Crippen molar-refractivity contribution in [1.82, 2.24) is 0 Å². The fraction of sp³-hybridized carbons (Fsp3) is 0.500. The van der Waals surface area contributed by atoms with Crippen LogP contribution in [0.2, 0.25) is 0 Å². The maximum absolute atomic E-state index is 9.96. The monoisotopic (exact) mass is 155 g/mol. The van der Waals surface area contributed by atoms with E-state index in [9.17, 15) is 4.57 Å². The van der Waals surface area contributed by atoms with Crippen molar-refractivity contribution in [3.8, 4) is 0 Å². The minimum Gasteiger partial charge on any atom is -0.411 e. The summed E-state index contributed by atoms with van der Waals surface area (Å²) in [5, 5.41) is 18.2. The van der Waals surface area contributed by atoms with Crippen molar-refractivity contribution in [3.63, 3.8) is 0 Å². The lowest BCUT2D eigenvalue weighted by atomic mass is 10.8. The van der Waals surface area contributed by atoms with E-state index < -0.39 is 13.4 Å². The Kier molecular flexibility index (Phi) is 2.80. The first-order valence-corrected chi connectivity index (χ1v) is 3.57. The Labute approximate surface area is 50.6 Å². The van der Waals surface area contributed by atoms with Crippen LogP contribution in [0, 0.1) is 0 Å². The predicted octanol–water partition coefficient (Wildman–Crippen LogP) is -1.06. The molecule has 7 heteroatoms. The summed E-state index contributed by atoms with van der Waals surface area (Å²) < 4.78 is 9.96. The van der Waals surface area contributed by atoms with Gasteiger partial charge in [0.15, 0.2) is 5.85 Å². The van der Waals surface area contributed by atoms with E-state index in [1.807, 2.05) is 0 Å². The van der Waals surface area contributed by atoms with E-state index in [-0.39, 0.29) is 0 Å². The highest BCUT2D eigenvalue weighted by Gasteiger charge is 2.23. The first kappa shape index (κ1) is 8.58. The van der Waals surface area contributed by atoms with Crippen LogP contribution in [0.4, 0.5) is 0 Å². The fourth-order valence-electron chi connectivity index (χ4n) is 0.146. The van der Waals surface area contributed by atoms with Gasteiger partial charge in [0.2, 0.25) is 0 Å². The number of hydrogen-bond donors (Lipinski definition) is 4. The van der Waals surface area contributed by atoms with E-state index in [0.29, 0.717) is 6.21 Å². The number of rotatable bonds is 2. The zero-order valence-corrected chi connectivity index (χ0v) is 5.14. The second-order valence-electron chi connectivity index (χ2n) is 1.27. The normalized spacial score (nSPS) is 16.3. The lowest BCUT2D eigenvalue weighted by Gasteiger charge is -2.04. The summed E-state index contributed by atoms with van der Waals surface area (Å²) in [7, 11) is -4.53. The van der Waals surface area contributed by atoms with Crippen molar-refractivity contribution in [2.24, 2.45) is 5.16 Å². The lowest BCUT2D eigenvalue weighted by molar-refractivity contribution is 0.246. The van der Waals surface area contributed by atoms with Crippen LogP contribution >= 0.6 is 7.60 Å². The standard InChI is InChI=1S/C2H6NO5P/c4-2(1-3-5)9(6,7)8/h1-2,4-5H,(H2,6,7,8)/b3-1+. The van der Waals surface area contributed by atoms with E-state index in [1.54, 1.807) is 0 Å². The zero-order chi connectivity index (χ0) is 7.49. The van der Waals surface area contributed by atoms with Crippen LogP contribution in [0.5, 0.6) is 0 Å². The molecule has 0 saturated carbocycles. The molecule has 0 saturated heterocycles. The summed E-state index contributed by atoms with van der Waals surface area (Å²) in [6.07, 6.45) is 0.348. The predicted molar refractivity (Wildman–Crippen MR) is 28.3 cm³/mol. The molecule has 1 atom stereocenters. The Morgan fingerprint density at radius 3 is 2.11 bits per heavy atom. The molecule has 0 aromatic heterocycles. The molecule has 6 nitrogen and oxygen atoms in total. The van der Waals surface area contributed by atoms with Crippen LogP contribution in [-0.4, -0.2) is 32.2 Å². The van der Waals surface area contributed by atoms with Crippen LogP contribution in [0.1, 0.15) is 0 Å². The van der Waals surface area contributed by atoms with Gasteiger partial charge in [0.25, 0.3) is 0 Å². The first-order chi connectivity index (χ1) is 3.98. The second kappa shape index (κ2) is 2.93. The van der Waals surface area contributed by atoms with Gasteiger partial charge < -0.3 is 20.1 Å². The molecule has 0 rings (SSSR count). The Morgan fingerprint density at radius 1 is 1.56 bits per heavy atom. The lowest BCUT2D eigenvalue weighted by Crippen LogP contribution is -2.07. The molecular weight excluding hydrogens is 149 g/mol. The molecule has 0 fully saturated rings. The Balaban J connectivity index is 4.05. The van der Waals surface area contributed by atoms with Gasteiger partial charge in [0.1, 0.15) is 0 Å². The third-order valence-electron chi connectivity index (χ3n) is 0.545. The highest BCUT2D eigenvalue weighted by atomic mass is 31.2. The van der Waals surface area contributed by atoms with Gasteiger partial charge in [-0.05, 0) is 0 Å². The van der Waals surface area contributed by atoms with Crippen LogP contribution in [0.25, 0.3) is 0 Å². The van der Waals surface area contributed by atoms with Gasteiger partial charge >= 0.3 is 7.60 Å². The molecular formula is C2H6NO5P. The van der Waals surface area contributed by atoms with Gasteiger partial charge in [-0.25, -0.2) is 0 Å². The molecule has 0 radical (unpaired) electrons. The number of oxime groups is 1. The van der Waals surface area contributed by atoms with Crippen molar-refractivity contribution in [3.05, 3.63) is 0 Å². The van der Waals surface area contributed by atoms with Gasteiger partial charge in [-0.1, -0.05) is 5.16 Å². The maximum Gasteiger partial charge on any atom is 0.359 e. The number of nitrogens with zero attached hydrogens (tertiary/aromatic N) is 1. The Morgan fingerprint density at radius 2 is 2.00 bits per heavy atom. The highest BCUT2D eigenvalue weighted by Crippen LogP contribution is 2.38. The fourth-order valence-corrected chi connectivity index (χ4v) is 0.380. The zero-order valence-electron chi connectivity index (χ0n) is 4.25. The SMILES string of the molecule is O=P(O)(O)C(O)/C=N/O. The third kappa shape index (κ3) is 3.21. The average Bonchev–Trinajstić information content (AvgIpc) is 1.64. The molecule has 0 aliphatic heterocycles. The maximum atomic E-state index is 9.96.